The summed E-state index contributed by atoms with van der Waals surface area (Å²) in [4.78, 5) is 113. The second kappa shape index (κ2) is 23.6. The van der Waals surface area contributed by atoms with Crippen LogP contribution in [0.2, 0.25) is 0 Å². The molecular formula is C37H54N13O24P4+. The van der Waals surface area contributed by atoms with E-state index in [9.17, 15) is 67.2 Å². The van der Waals surface area contributed by atoms with Crippen LogP contribution in [-0.4, -0.2) is 156 Å². The summed E-state index contributed by atoms with van der Waals surface area (Å²) in [5, 5.41) is 24.8. The maximum atomic E-state index is 13.6. The van der Waals surface area contributed by atoms with Gasteiger partial charge in [-0.25, -0.2) is 42.6 Å². The predicted octanol–water partition coefficient (Wildman–Crippen LogP) is -2.28. The number of aromatic nitrogens is 10. The number of aliphatic hydroxyl groups excluding tert-OH is 2. The van der Waals surface area contributed by atoms with Gasteiger partial charge >= 0.3 is 42.6 Å². The van der Waals surface area contributed by atoms with Crippen molar-refractivity contribution in [2.75, 3.05) is 44.9 Å². The molecule has 3 fully saturated rings. The van der Waals surface area contributed by atoms with E-state index in [1.165, 1.54) is 27.1 Å². The third-order valence-corrected chi connectivity index (χ3v) is 17.5. The first kappa shape index (κ1) is 59.1. The topological polar surface area (TPSA) is 516 Å². The number of phosphoric acid groups is 4. The van der Waals surface area contributed by atoms with Crippen LogP contribution in [0.25, 0.3) is 22.3 Å². The number of aryl methyl sites for hydroxylation is 1. The lowest BCUT2D eigenvalue weighted by atomic mass is 9.98. The van der Waals surface area contributed by atoms with Crippen molar-refractivity contribution < 1.29 is 103 Å². The number of nitrogens with two attached hydrogens (primary N) is 2. The maximum Gasteiger partial charge on any atom is 0.490 e. The molecule has 5 aromatic heterocycles. The number of H-pyrrole nitrogens is 2. The third-order valence-electron chi connectivity index (χ3n) is 12.3. The first-order valence-corrected chi connectivity index (χ1v) is 29.2. The number of unbranched alkanes of at least 4 members (excludes halogenated alkanes) is 1. The quantitative estimate of drug-likeness (QED) is 0.0229. The number of amides is 1. The molecule has 0 aromatic carbocycles. The number of phosphoric ester groups is 3. The second-order valence-electron chi connectivity index (χ2n) is 17.7. The number of nitrogens with zero attached hydrogens (tertiary/aromatic N) is 8. The molecule has 3 saturated heterocycles. The van der Waals surface area contributed by atoms with E-state index < -0.39 is 141 Å². The van der Waals surface area contributed by atoms with Gasteiger partial charge in [-0.15, -0.1) is 0 Å². The van der Waals surface area contributed by atoms with E-state index in [2.05, 4.69) is 38.9 Å². The number of carbonyl (C=O) groups excluding carboxylic acids is 1. The summed E-state index contributed by atoms with van der Waals surface area (Å²) in [6.07, 6.45) is -9.14. The van der Waals surface area contributed by atoms with Gasteiger partial charge in [-0.2, -0.15) is 8.62 Å². The van der Waals surface area contributed by atoms with Gasteiger partial charge in [-0.3, -0.25) is 56.1 Å². The summed E-state index contributed by atoms with van der Waals surface area (Å²) in [6, 6.07) is 0.999. The zero-order valence-electron chi connectivity index (χ0n) is 40.9. The minimum atomic E-state index is -6.21. The fourth-order valence-electron chi connectivity index (χ4n) is 8.79. The predicted molar refractivity (Wildman–Crippen MR) is 256 cm³/mol. The number of hydrogen-bond acceptors (Lipinski definition) is 26. The highest BCUT2D eigenvalue weighted by atomic mass is 31.3. The van der Waals surface area contributed by atoms with Crippen molar-refractivity contribution in [3.8, 4) is 0 Å². The highest BCUT2D eigenvalue weighted by Gasteiger charge is 2.53. The van der Waals surface area contributed by atoms with Crippen molar-refractivity contribution in [1.29, 1.82) is 0 Å². The molecule has 430 valence electrons. The van der Waals surface area contributed by atoms with Crippen molar-refractivity contribution in [2.45, 2.75) is 94.0 Å². The molecule has 37 nitrogen and oxygen atoms in total. The Labute approximate surface area is 436 Å². The largest absolute Gasteiger partial charge is 0.490 e. The standard InChI is InChI=1S/C37H53N13O24P4/c1-4-5-6-22(52)40-10-18-20(70-34(26(18)54)50-16-47(2)25-31(50)45-36(39)46-32(25)55)12-67-76(59,60)73-78(63,64)74-77(61,62)68-13-21-27(28(65-3)35(71-21)49-15-43-24-29(38)41-14-42-30(24)49)72-75(57,58)66-11-17-9-19(51)33(69-17)48-8-7-23(53)44-37(48)56/h7-8,14-21,26-28,33-35,51,54H,4-6,9-13H2,1-3H3,(H10-,38,39,40,41,42,44,45,46,52,53,55,56,57,58,59,60,61,62,63,64)/p+1/t17-,18+,19+,20+,21+,26+,27+,28+,33+,34+,35+/m0/s1. The van der Waals surface area contributed by atoms with Crippen molar-refractivity contribution in [3.63, 3.8) is 0 Å². The molecule has 4 unspecified atom stereocenters. The van der Waals surface area contributed by atoms with E-state index >= 15 is 0 Å². The molecular weight excluding hydrogens is 1130 g/mol. The van der Waals surface area contributed by atoms with Crippen LogP contribution in [0.5, 0.6) is 0 Å². The zero-order valence-corrected chi connectivity index (χ0v) is 44.5. The van der Waals surface area contributed by atoms with Crippen molar-refractivity contribution in [3.05, 3.63) is 62.4 Å². The molecule has 1 amide bonds. The Morgan fingerprint density at radius 1 is 0.885 bits per heavy atom. The van der Waals surface area contributed by atoms with E-state index in [1.54, 1.807) is 0 Å². The number of methoxy groups -OCH3 is 1. The van der Waals surface area contributed by atoms with Gasteiger partial charge in [0.25, 0.3) is 17.1 Å². The zero-order chi connectivity index (χ0) is 56.6. The number of imidazole rings is 2. The summed E-state index contributed by atoms with van der Waals surface area (Å²) < 4.78 is 110. The summed E-state index contributed by atoms with van der Waals surface area (Å²) in [6.45, 7) is -1.46. The van der Waals surface area contributed by atoms with Crippen LogP contribution in [-0.2, 0) is 75.8 Å². The van der Waals surface area contributed by atoms with Crippen molar-refractivity contribution in [1.82, 2.24) is 48.9 Å². The van der Waals surface area contributed by atoms with Gasteiger partial charge in [0.05, 0.1) is 45.4 Å². The first-order chi connectivity index (χ1) is 36.7. The first-order valence-electron chi connectivity index (χ1n) is 23.2. The average Bonchev–Trinajstić information content (AvgIpc) is 4.34. The molecule has 8 heterocycles. The molecule has 3 aliphatic rings. The van der Waals surface area contributed by atoms with Crippen LogP contribution < -0.4 is 38.2 Å². The molecule has 8 rings (SSSR count). The molecule has 13 N–H and O–H groups in total. The lowest BCUT2D eigenvalue weighted by molar-refractivity contribution is -0.745. The van der Waals surface area contributed by atoms with Gasteiger partial charge in [0.1, 0.15) is 42.4 Å². The Morgan fingerprint density at radius 3 is 2.26 bits per heavy atom. The molecule has 78 heavy (non-hydrogen) atoms. The molecule has 0 radical (unpaired) electrons. The third kappa shape index (κ3) is 13.4. The number of aromatic amines is 2. The lowest BCUT2D eigenvalue weighted by Crippen LogP contribution is -2.46. The van der Waals surface area contributed by atoms with Gasteiger partial charge in [-0.05, 0) is 6.42 Å². The smallest absolute Gasteiger partial charge is 0.388 e. The molecule has 3 aliphatic heterocycles. The number of nitrogen functional groups attached to an aromatic ring is 2. The van der Waals surface area contributed by atoms with E-state index in [0.29, 0.717) is 12.8 Å². The molecule has 0 aliphatic carbocycles. The van der Waals surface area contributed by atoms with E-state index in [-0.39, 0.29) is 53.5 Å². The number of aliphatic hydroxyl groups is 2. The van der Waals surface area contributed by atoms with Crippen LogP contribution >= 0.6 is 31.3 Å². The summed E-state index contributed by atoms with van der Waals surface area (Å²) in [5.74, 6) is -1.92. The minimum absolute atomic E-state index is 0.00928. The minimum Gasteiger partial charge on any atom is -0.388 e. The van der Waals surface area contributed by atoms with E-state index in [4.69, 9.17) is 48.5 Å². The fourth-order valence-corrected chi connectivity index (χ4v) is 13.3. The number of ether oxygens (including phenoxy) is 4. The van der Waals surface area contributed by atoms with Crippen molar-refractivity contribution >= 4 is 71.3 Å². The van der Waals surface area contributed by atoms with Gasteiger partial charge in [0.15, 0.2) is 30.2 Å². The Bertz CT molecular complexity index is 3390. The fraction of sp³-hybridized carbons (Fsp3) is 0.595. The Kier molecular flexibility index (Phi) is 17.8. The maximum absolute atomic E-state index is 13.6. The molecule has 15 atom stereocenters. The number of nitrogens with one attached hydrogen (secondary N) is 3. The molecule has 0 saturated carbocycles. The van der Waals surface area contributed by atoms with Crippen LogP contribution in [0.3, 0.4) is 0 Å². The van der Waals surface area contributed by atoms with E-state index in [0.717, 1.165) is 36.6 Å². The summed E-state index contributed by atoms with van der Waals surface area (Å²) in [7, 11) is -20.7. The summed E-state index contributed by atoms with van der Waals surface area (Å²) >= 11 is 0. The van der Waals surface area contributed by atoms with Crippen LogP contribution in [0, 0.1) is 5.92 Å². The Hall–Kier alpha value is -5.07. The van der Waals surface area contributed by atoms with Gasteiger partial charge < -0.3 is 65.5 Å². The van der Waals surface area contributed by atoms with Crippen LogP contribution in [0.15, 0.2) is 45.6 Å². The molecule has 0 bridgehead atoms. The summed E-state index contributed by atoms with van der Waals surface area (Å²) in [5.41, 5.74) is 9.48. The number of carbonyl (C=O) groups is 1. The normalized spacial score (nSPS) is 28.6. The van der Waals surface area contributed by atoms with Gasteiger partial charge in [0, 0.05) is 44.7 Å². The van der Waals surface area contributed by atoms with Crippen molar-refractivity contribution in [2.24, 2.45) is 13.0 Å². The van der Waals surface area contributed by atoms with Gasteiger partial charge in [-0.1, -0.05) is 18.3 Å². The SMILES string of the molecule is CCCCC(=O)NC[C@H]1[C@@H](O)[C@H]([n+]2cn(C)c3c(=O)[nH]c(N)nc32)O[C@@H]1COP(=O)(O)OP(=O)(O)OP(=O)(O)OC[C@H]1O[C@@H](n2cnc3c(N)ncnc32)[C@H](OC)[C@@H]1OP(=O)(O)OC[C@@H]1C[C@@H](O)[C@H](n2ccc(=O)[nH]c2=O)O1. The van der Waals surface area contributed by atoms with Crippen LogP contribution in [0.1, 0.15) is 51.3 Å². The van der Waals surface area contributed by atoms with Gasteiger partial charge in [0.2, 0.25) is 17.7 Å². The monoisotopic (exact) mass is 1190 g/mol. The molecule has 0 spiro atoms. The lowest BCUT2D eigenvalue weighted by Gasteiger charge is -2.26. The molecule has 5 aromatic rings. The average molecular weight is 1190 g/mol. The number of anilines is 2. The number of rotatable bonds is 24. The highest BCUT2D eigenvalue weighted by molar-refractivity contribution is 7.66. The number of fused-ring (bicyclic) bond motifs is 2. The Balaban J connectivity index is 0.942. The van der Waals surface area contributed by atoms with E-state index in [1.807, 2.05) is 11.9 Å². The van der Waals surface area contributed by atoms with Crippen LogP contribution in [0.4, 0.5) is 11.8 Å². The second-order valence-corrected chi connectivity index (χ2v) is 23.7. The highest BCUT2D eigenvalue weighted by Crippen LogP contribution is 2.68. The Morgan fingerprint density at radius 2 is 1.58 bits per heavy atom. The number of hydrogen-bond donors (Lipinski definition) is 11. The molecule has 41 heteroatoms.